The van der Waals surface area contributed by atoms with Crippen LogP contribution in [0, 0.1) is 6.92 Å². The van der Waals surface area contributed by atoms with E-state index in [-0.39, 0.29) is 0 Å². The molecule has 1 aliphatic rings. The van der Waals surface area contributed by atoms with Gasteiger partial charge in [0.15, 0.2) is 0 Å². The number of halogens is 1. The van der Waals surface area contributed by atoms with Gasteiger partial charge >= 0.3 is 0 Å². The molecule has 0 unspecified atom stereocenters. The number of hydrogen-bond acceptors (Lipinski definition) is 7. The molecule has 3 rings (SSSR count). The number of anilines is 1. The third kappa shape index (κ3) is 4.74. The molecule has 0 bridgehead atoms. The van der Waals surface area contributed by atoms with E-state index >= 15 is 0 Å². The summed E-state index contributed by atoms with van der Waals surface area (Å²) in [6.45, 7) is 9.40. The van der Waals surface area contributed by atoms with E-state index in [9.17, 15) is 4.79 Å². The molecule has 0 atom stereocenters. The van der Waals surface area contributed by atoms with Gasteiger partial charge < -0.3 is 4.90 Å². The van der Waals surface area contributed by atoms with Crippen molar-refractivity contribution in [2.75, 3.05) is 37.6 Å². The Kier molecular flexibility index (Phi) is 5.98. The Bertz CT molecular complexity index is 742. The van der Waals surface area contributed by atoms with Crippen molar-refractivity contribution >= 4 is 34.0 Å². The second-order valence-corrected chi connectivity index (χ2v) is 7.62. The van der Waals surface area contributed by atoms with E-state index in [0.717, 1.165) is 55.1 Å². The van der Waals surface area contributed by atoms with Crippen LogP contribution in [-0.2, 0) is 6.42 Å². The average Bonchev–Trinajstić information content (AvgIpc) is 3.04. The summed E-state index contributed by atoms with van der Waals surface area (Å²) in [5, 5.41) is 0.370. The zero-order chi connectivity index (χ0) is 17.8. The zero-order valence-electron chi connectivity index (χ0n) is 14.5. The lowest BCUT2D eigenvalue weighted by molar-refractivity contribution is 0.108. The number of piperazine rings is 1. The Balaban J connectivity index is 1.71. The largest absolute Gasteiger partial charge is 0.354 e. The van der Waals surface area contributed by atoms with Crippen LogP contribution in [0.2, 0.25) is 0 Å². The fourth-order valence-corrected chi connectivity index (χ4v) is 3.95. The molecule has 0 aliphatic carbocycles. The fourth-order valence-electron chi connectivity index (χ4n) is 3.02. The maximum absolute atomic E-state index is 11.2. The van der Waals surface area contributed by atoms with E-state index in [0.29, 0.717) is 11.3 Å². The van der Waals surface area contributed by atoms with Crippen molar-refractivity contribution in [3.63, 3.8) is 0 Å². The standard InChI is InChI=1S/C17H22ClN5OS/c1-3-4-22-5-7-23(8-6-22)15-9-13(20-12(2)21-15)10-16-19-11-14(25-16)17(18)24/h9,11H,3-8,10H2,1-2H3. The average molecular weight is 380 g/mol. The van der Waals surface area contributed by atoms with E-state index in [1.807, 2.05) is 13.0 Å². The zero-order valence-corrected chi connectivity index (χ0v) is 16.1. The first kappa shape index (κ1) is 18.2. The third-order valence-electron chi connectivity index (χ3n) is 4.19. The topological polar surface area (TPSA) is 62.2 Å². The van der Waals surface area contributed by atoms with Gasteiger partial charge in [0.25, 0.3) is 5.24 Å². The molecular weight excluding hydrogens is 358 g/mol. The number of hydrogen-bond donors (Lipinski definition) is 0. The van der Waals surface area contributed by atoms with Gasteiger partial charge in [0.1, 0.15) is 16.5 Å². The monoisotopic (exact) mass is 379 g/mol. The minimum absolute atomic E-state index is 0.465. The summed E-state index contributed by atoms with van der Waals surface area (Å²) in [6, 6.07) is 2.03. The fraction of sp³-hybridized carbons (Fsp3) is 0.529. The van der Waals surface area contributed by atoms with E-state index in [1.54, 1.807) is 0 Å². The molecule has 1 fully saturated rings. The maximum atomic E-state index is 11.2. The summed E-state index contributed by atoms with van der Waals surface area (Å²) in [5.74, 6) is 1.73. The van der Waals surface area contributed by atoms with Gasteiger partial charge in [-0.1, -0.05) is 6.92 Å². The molecule has 6 nitrogen and oxygen atoms in total. The summed E-state index contributed by atoms with van der Waals surface area (Å²) in [6.07, 6.45) is 3.30. The van der Waals surface area contributed by atoms with Crippen LogP contribution >= 0.6 is 22.9 Å². The molecule has 8 heteroatoms. The minimum atomic E-state index is -0.465. The van der Waals surface area contributed by atoms with E-state index in [4.69, 9.17) is 11.6 Å². The first-order valence-corrected chi connectivity index (χ1v) is 9.71. The van der Waals surface area contributed by atoms with Crippen LogP contribution in [0.1, 0.15) is 39.5 Å². The highest BCUT2D eigenvalue weighted by Crippen LogP contribution is 2.21. The molecule has 3 heterocycles. The van der Waals surface area contributed by atoms with Gasteiger partial charge in [-0.3, -0.25) is 9.69 Å². The van der Waals surface area contributed by atoms with Crippen LogP contribution < -0.4 is 4.90 Å². The van der Waals surface area contributed by atoms with Crippen molar-refractivity contribution in [1.82, 2.24) is 19.9 Å². The van der Waals surface area contributed by atoms with E-state index < -0.39 is 5.24 Å². The molecule has 134 valence electrons. The molecule has 0 aromatic carbocycles. The van der Waals surface area contributed by atoms with Crippen LogP contribution in [0.3, 0.4) is 0 Å². The number of rotatable bonds is 6. The number of aryl methyl sites for hydroxylation is 1. The normalized spacial score (nSPS) is 15.6. The quantitative estimate of drug-likeness (QED) is 0.719. The maximum Gasteiger partial charge on any atom is 0.264 e. The van der Waals surface area contributed by atoms with E-state index in [2.05, 4.69) is 31.7 Å². The van der Waals surface area contributed by atoms with Crippen molar-refractivity contribution in [3.05, 3.63) is 33.7 Å². The first-order chi connectivity index (χ1) is 12.0. The van der Waals surface area contributed by atoms with Gasteiger partial charge in [-0.25, -0.2) is 15.0 Å². The van der Waals surface area contributed by atoms with Crippen molar-refractivity contribution < 1.29 is 4.79 Å². The highest BCUT2D eigenvalue weighted by Gasteiger charge is 2.18. The van der Waals surface area contributed by atoms with Crippen molar-refractivity contribution in [3.8, 4) is 0 Å². The van der Waals surface area contributed by atoms with Crippen molar-refractivity contribution in [2.24, 2.45) is 0 Å². The molecule has 0 N–H and O–H groups in total. The Labute approximate surface area is 156 Å². The Hall–Kier alpha value is -1.57. The summed E-state index contributed by atoms with van der Waals surface area (Å²) >= 11 is 6.82. The lowest BCUT2D eigenvalue weighted by atomic mass is 10.2. The molecule has 1 aliphatic heterocycles. The summed E-state index contributed by atoms with van der Waals surface area (Å²) < 4.78 is 0. The molecule has 0 spiro atoms. The minimum Gasteiger partial charge on any atom is -0.354 e. The van der Waals surface area contributed by atoms with Crippen LogP contribution in [0.15, 0.2) is 12.3 Å². The Morgan fingerprint density at radius 1 is 1.28 bits per heavy atom. The summed E-state index contributed by atoms with van der Waals surface area (Å²) in [4.78, 5) is 29.9. The number of aromatic nitrogens is 3. The molecule has 0 radical (unpaired) electrons. The molecular formula is C17H22ClN5OS. The van der Waals surface area contributed by atoms with Crippen molar-refractivity contribution in [1.29, 1.82) is 0 Å². The van der Waals surface area contributed by atoms with Crippen molar-refractivity contribution in [2.45, 2.75) is 26.7 Å². The molecule has 2 aromatic rings. The van der Waals surface area contributed by atoms with Gasteiger partial charge in [0.05, 0.1) is 16.9 Å². The summed E-state index contributed by atoms with van der Waals surface area (Å²) in [5.41, 5.74) is 0.918. The predicted molar refractivity (Wildman–Crippen MR) is 101 cm³/mol. The predicted octanol–water partition coefficient (Wildman–Crippen LogP) is 2.74. The van der Waals surface area contributed by atoms with E-state index in [1.165, 1.54) is 24.0 Å². The first-order valence-electron chi connectivity index (χ1n) is 8.51. The molecule has 0 amide bonds. The van der Waals surface area contributed by atoms with Gasteiger partial charge in [0, 0.05) is 38.7 Å². The number of carbonyl (C=O) groups is 1. The number of thiazole rings is 1. The molecule has 25 heavy (non-hydrogen) atoms. The van der Waals surface area contributed by atoms with Gasteiger partial charge in [-0.15, -0.1) is 11.3 Å². The molecule has 0 saturated carbocycles. The van der Waals surface area contributed by atoms with Crippen LogP contribution in [0.5, 0.6) is 0 Å². The SMILES string of the molecule is CCCN1CCN(c2cc(Cc3ncc(C(=O)Cl)s3)nc(C)n2)CC1. The third-order valence-corrected chi connectivity index (χ3v) is 5.50. The van der Waals surface area contributed by atoms with Crippen LogP contribution in [0.4, 0.5) is 5.82 Å². The Morgan fingerprint density at radius 2 is 2.04 bits per heavy atom. The number of carbonyl (C=O) groups excluding carboxylic acids is 1. The second kappa shape index (κ2) is 8.21. The molecule has 2 aromatic heterocycles. The number of nitrogens with zero attached hydrogens (tertiary/aromatic N) is 5. The highest BCUT2D eigenvalue weighted by molar-refractivity contribution is 7.15. The van der Waals surface area contributed by atoms with Gasteiger partial charge in [0.2, 0.25) is 0 Å². The lowest BCUT2D eigenvalue weighted by Crippen LogP contribution is -2.46. The van der Waals surface area contributed by atoms with Crippen LogP contribution in [0.25, 0.3) is 0 Å². The Morgan fingerprint density at radius 3 is 2.68 bits per heavy atom. The van der Waals surface area contributed by atoms with Gasteiger partial charge in [-0.2, -0.15) is 0 Å². The highest BCUT2D eigenvalue weighted by atomic mass is 35.5. The smallest absolute Gasteiger partial charge is 0.264 e. The second-order valence-electron chi connectivity index (χ2n) is 6.16. The van der Waals surface area contributed by atoms with Crippen LogP contribution in [-0.4, -0.2) is 57.8 Å². The summed E-state index contributed by atoms with van der Waals surface area (Å²) in [7, 11) is 0. The lowest BCUT2D eigenvalue weighted by Gasteiger charge is -2.35. The van der Waals surface area contributed by atoms with Gasteiger partial charge in [-0.05, 0) is 31.5 Å². The molecule has 1 saturated heterocycles.